The van der Waals surface area contributed by atoms with Crippen molar-refractivity contribution in [3.63, 3.8) is 0 Å². The quantitative estimate of drug-likeness (QED) is 0.390. The minimum Gasteiger partial charge on any atom is -0.497 e. The summed E-state index contributed by atoms with van der Waals surface area (Å²) in [4.78, 5) is 9.07. The topological polar surface area (TPSA) is 93.6 Å². The van der Waals surface area contributed by atoms with E-state index in [-0.39, 0.29) is 16.5 Å². The molecule has 0 unspecified atom stereocenters. The van der Waals surface area contributed by atoms with Crippen LogP contribution in [0, 0.1) is 0 Å². The molecular formula is C22H19ClN4O4S. The molecule has 164 valence electrons. The van der Waals surface area contributed by atoms with E-state index >= 15 is 0 Å². The molecule has 0 saturated heterocycles. The Hall–Kier alpha value is -3.56. The summed E-state index contributed by atoms with van der Waals surface area (Å²) in [6.45, 7) is 0. The van der Waals surface area contributed by atoms with Crippen molar-refractivity contribution < 1.29 is 17.9 Å². The van der Waals surface area contributed by atoms with Gasteiger partial charge in [0, 0.05) is 35.7 Å². The molecule has 0 spiro atoms. The van der Waals surface area contributed by atoms with Crippen LogP contribution in [0.3, 0.4) is 0 Å². The molecule has 10 heteroatoms. The van der Waals surface area contributed by atoms with E-state index in [1.807, 2.05) is 6.07 Å². The predicted molar refractivity (Wildman–Crippen MR) is 124 cm³/mol. The third-order valence-electron chi connectivity index (χ3n) is 4.58. The van der Waals surface area contributed by atoms with Gasteiger partial charge in [-0.25, -0.2) is 9.97 Å². The summed E-state index contributed by atoms with van der Waals surface area (Å²) in [7, 11) is -1.03. The molecule has 0 bridgehead atoms. The molecule has 3 aromatic carbocycles. The second-order valence-corrected chi connectivity index (χ2v) is 8.97. The maximum atomic E-state index is 13.1. The van der Waals surface area contributed by atoms with Gasteiger partial charge in [-0.05, 0) is 24.3 Å². The van der Waals surface area contributed by atoms with E-state index in [2.05, 4.69) is 15.3 Å². The van der Waals surface area contributed by atoms with Crippen LogP contribution in [0.25, 0.3) is 11.0 Å². The fourth-order valence-corrected chi connectivity index (χ4v) is 4.41. The third-order valence-corrected chi connectivity index (χ3v) is 6.75. The summed E-state index contributed by atoms with van der Waals surface area (Å²) in [5.41, 5.74) is 1.61. The van der Waals surface area contributed by atoms with Gasteiger partial charge < -0.3 is 14.8 Å². The number of sulfonamides is 1. The number of halogens is 1. The molecular weight excluding hydrogens is 452 g/mol. The van der Waals surface area contributed by atoms with Gasteiger partial charge in [-0.2, -0.15) is 12.2 Å². The summed E-state index contributed by atoms with van der Waals surface area (Å²) >= 11 is 6.37. The second kappa shape index (κ2) is 8.89. The van der Waals surface area contributed by atoms with Crippen molar-refractivity contribution >= 4 is 50.2 Å². The van der Waals surface area contributed by atoms with Crippen molar-refractivity contribution in [1.82, 2.24) is 9.97 Å². The van der Waals surface area contributed by atoms with Crippen molar-refractivity contribution in [1.29, 1.82) is 0 Å². The monoisotopic (exact) mass is 470 g/mol. The molecule has 1 N–H and O–H groups in total. The average molecular weight is 471 g/mol. The van der Waals surface area contributed by atoms with E-state index < -0.39 is 10.0 Å². The number of ether oxygens (including phenoxy) is 2. The van der Waals surface area contributed by atoms with Crippen molar-refractivity contribution in [2.75, 3.05) is 23.4 Å². The Bertz CT molecular complexity index is 1340. The SMILES string of the molecule is COc1cc(Nc2nc3ccccc3nc2N(Cl)S(=O)(=O)c2ccccc2)cc(OC)c1. The Kier molecular flexibility index (Phi) is 6.02. The predicted octanol–water partition coefficient (Wildman–Crippen LogP) is 4.74. The van der Waals surface area contributed by atoms with Gasteiger partial charge in [-0.15, -0.1) is 0 Å². The molecule has 32 heavy (non-hydrogen) atoms. The number of hydrogen-bond donors (Lipinski definition) is 1. The van der Waals surface area contributed by atoms with Gasteiger partial charge in [0.25, 0.3) is 10.0 Å². The summed E-state index contributed by atoms with van der Waals surface area (Å²) in [6.07, 6.45) is 0. The molecule has 0 aliphatic heterocycles. The summed E-state index contributed by atoms with van der Waals surface area (Å²) in [5.74, 6) is 1.16. The highest BCUT2D eigenvalue weighted by Gasteiger charge is 2.28. The van der Waals surface area contributed by atoms with Crippen LogP contribution in [-0.2, 0) is 10.0 Å². The molecule has 0 atom stereocenters. The lowest BCUT2D eigenvalue weighted by Gasteiger charge is -2.19. The van der Waals surface area contributed by atoms with Gasteiger partial charge >= 0.3 is 0 Å². The van der Waals surface area contributed by atoms with Gasteiger partial charge in [0.15, 0.2) is 5.82 Å². The molecule has 0 saturated carbocycles. The van der Waals surface area contributed by atoms with E-state index in [1.165, 1.54) is 26.4 Å². The molecule has 0 radical (unpaired) electrons. The highest BCUT2D eigenvalue weighted by Crippen LogP contribution is 2.35. The van der Waals surface area contributed by atoms with E-state index in [0.717, 1.165) is 0 Å². The highest BCUT2D eigenvalue weighted by molar-refractivity contribution is 7.94. The Labute approximate surface area is 190 Å². The number of rotatable bonds is 7. The zero-order chi connectivity index (χ0) is 22.7. The first-order chi connectivity index (χ1) is 15.4. The minimum atomic E-state index is -4.09. The minimum absolute atomic E-state index is 0.0268. The van der Waals surface area contributed by atoms with E-state index in [4.69, 9.17) is 21.3 Å². The maximum absolute atomic E-state index is 13.1. The number of para-hydroxylation sites is 2. The molecule has 0 fully saturated rings. The largest absolute Gasteiger partial charge is 0.497 e. The number of nitrogens with zero attached hydrogens (tertiary/aromatic N) is 3. The Morgan fingerprint density at radius 2 is 1.41 bits per heavy atom. The molecule has 0 amide bonds. The fraction of sp³-hybridized carbons (Fsp3) is 0.0909. The first kappa shape index (κ1) is 21.7. The molecule has 0 aliphatic carbocycles. The molecule has 4 aromatic rings. The van der Waals surface area contributed by atoms with Crippen LogP contribution in [0.15, 0.2) is 77.7 Å². The molecule has 0 aliphatic rings. The lowest BCUT2D eigenvalue weighted by atomic mass is 10.2. The van der Waals surface area contributed by atoms with Crippen LogP contribution in [0.2, 0.25) is 0 Å². The van der Waals surface area contributed by atoms with Crippen LogP contribution in [0.5, 0.6) is 11.5 Å². The fourth-order valence-electron chi connectivity index (χ4n) is 3.01. The van der Waals surface area contributed by atoms with Crippen molar-refractivity contribution in [3.8, 4) is 11.5 Å². The van der Waals surface area contributed by atoms with Crippen molar-refractivity contribution in [3.05, 3.63) is 72.8 Å². The van der Waals surface area contributed by atoms with Gasteiger partial charge in [-0.3, -0.25) is 0 Å². The Morgan fingerprint density at radius 1 is 0.844 bits per heavy atom. The average Bonchev–Trinajstić information content (AvgIpc) is 2.83. The first-order valence-electron chi connectivity index (χ1n) is 9.45. The van der Waals surface area contributed by atoms with Gasteiger partial charge in [0.2, 0.25) is 5.82 Å². The Balaban J connectivity index is 1.85. The normalized spacial score (nSPS) is 11.2. The number of nitrogens with one attached hydrogen (secondary N) is 1. The number of anilines is 3. The lowest BCUT2D eigenvalue weighted by molar-refractivity contribution is 0.395. The van der Waals surface area contributed by atoms with Crippen LogP contribution in [0.4, 0.5) is 17.3 Å². The number of methoxy groups -OCH3 is 2. The smallest absolute Gasteiger partial charge is 0.279 e. The van der Waals surface area contributed by atoms with Gasteiger partial charge in [-0.1, -0.05) is 30.3 Å². The number of aromatic nitrogens is 2. The maximum Gasteiger partial charge on any atom is 0.279 e. The van der Waals surface area contributed by atoms with Gasteiger partial charge in [0.05, 0.1) is 30.1 Å². The standard InChI is InChI=1S/C22H19ClN4O4S/c1-30-16-12-15(13-17(14-16)31-2)24-21-22(26-20-11-7-6-10-19(20)25-21)27(23)32(28,29)18-8-4-3-5-9-18/h3-14H,1-2H3,(H,24,25). The first-order valence-corrected chi connectivity index (χ1v) is 11.2. The van der Waals surface area contributed by atoms with E-state index in [0.29, 0.717) is 32.0 Å². The van der Waals surface area contributed by atoms with Crippen LogP contribution in [-0.4, -0.2) is 32.6 Å². The molecule has 1 aromatic heterocycles. The highest BCUT2D eigenvalue weighted by atomic mass is 35.5. The van der Waals surface area contributed by atoms with Crippen LogP contribution in [0.1, 0.15) is 0 Å². The zero-order valence-electron chi connectivity index (χ0n) is 17.2. The molecule has 8 nitrogen and oxygen atoms in total. The number of hydrogen-bond acceptors (Lipinski definition) is 7. The third kappa shape index (κ3) is 4.25. The van der Waals surface area contributed by atoms with Crippen LogP contribution >= 0.6 is 11.8 Å². The summed E-state index contributed by atoms with van der Waals surface area (Å²) in [5, 5.41) is 3.09. The molecule has 1 heterocycles. The lowest BCUT2D eigenvalue weighted by Crippen LogP contribution is -2.23. The second-order valence-electron chi connectivity index (χ2n) is 6.64. The summed E-state index contributed by atoms with van der Waals surface area (Å²) < 4.78 is 37.5. The van der Waals surface area contributed by atoms with E-state index in [9.17, 15) is 8.42 Å². The summed E-state index contributed by atoms with van der Waals surface area (Å²) in [6, 6.07) is 20.1. The van der Waals surface area contributed by atoms with Crippen molar-refractivity contribution in [2.45, 2.75) is 4.90 Å². The molecule has 4 rings (SSSR count). The Morgan fingerprint density at radius 3 is 2.00 bits per heavy atom. The van der Waals surface area contributed by atoms with Crippen LogP contribution < -0.4 is 18.6 Å². The zero-order valence-corrected chi connectivity index (χ0v) is 18.8. The van der Waals surface area contributed by atoms with E-state index in [1.54, 1.807) is 54.6 Å². The number of fused-ring (bicyclic) bond motifs is 1. The van der Waals surface area contributed by atoms with Crippen molar-refractivity contribution in [2.24, 2.45) is 0 Å². The van der Waals surface area contributed by atoms with Gasteiger partial charge in [0.1, 0.15) is 11.5 Å². The number of benzene rings is 3.